The van der Waals surface area contributed by atoms with Gasteiger partial charge in [-0.15, -0.1) is 0 Å². The highest BCUT2D eigenvalue weighted by Gasteiger charge is 2.17. The highest BCUT2D eigenvalue weighted by molar-refractivity contribution is 5.64. The number of hydrogen-bond donors (Lipinski definition) is 2. The van der Waals surface area contributed by atoms with Crippen LogP contribution in [0.2, 0.25) is 0 Å². The molecule has 0 unspecified atom stereocenters. The summed E-state index contributed by atoms with van der Waals surface area (Å²) in [6.07, 6.45) is 6.36. The maximum Gasteiger partial charge on any atom is 0.147 e. The summed E-state index contributed by atoms with van der Waals surface area (Å²) >= 11 is 0. The number of nitrogens with one attached hydrogen (secondary N) is 1. The lowest BCUT2D eigenvalue weighted by molar-refractivity contribution is 0.576. The lowest BCUT2D eigenvalue weighted by Crippen LogP contribution is -2.14. The molecule has 4 heteroatoms. The highest BCUT2D eigenvalue weighted by Crippen LogP contribution is 2.27. The maximum atomic E-state index is 6.05. The molecule has 0 spiro atoms. The second kappa shape index (κ2) is 4.76. The van der Waals surface area contributed by atoms with E-state index in [9.17, 15) is 0 Å². The van der Waals surface area contributed by atoms with Crippen molar-refractivity contribution in [2.45, 2.75) is 39.0 Å². The molecule has 0 amide bonds. The number of nitrogen functional groups attached to an aromatic ring is 1. The van der Waals surface area contributed by atoms with Crippen LogP contribution in [-0.2, 0) is 13.5 Å². The second-order valence-electron chi connectivity index (χ2n) is 4.72. The summed E-state index contributed by atoms with van der Waals surface area (Å²) in [7, 11) is 1.95. The second-order valence-corrected chi connectivity index (χ2v) is 4.72. The molecule has 1 aliphatic carbocycles. The predicted octanol–water partition coefficient (Wildman–Crippen LogP) is 2.17. The van der Waals surface area contributed by atoms with Gasteiger partial charge in [0.1, 0.15) is 5.82 Å². The molecule has 0 aromatic carbocycles. The Balaban J connectivity index is 2.00. The zero-order valence-electron chi connectivity index (χ0n) is 10.3. The number of hydrogen-bond acceptors (Lipinski definition) is 3. The van der Waals surface area contributed by atoms with Gasteiger partial charge in [-0.05, 0) is 25.2 Å². The zero-order chi connectivity index (χ0) is 11.5. The van der Waals surface area contributed by atoms with Crippen molar-refractivity contribution in [1.82, 2.24) is 9.78 Å². The average molecular weight is 222 g/mol. The average Bonchev–Trinajstić information content (AvgIpc) is 2.86. The third-order valence-electron chi connectivity index (χ3n) is 3.53. The molecule has 90 valence electrons. The van der Waals surface area contributed by atoms with E-state index in [0.717, 1.165) is 36.1 Å². The fourth-order valence-corrected chi connectivity index (χ4v) is 2.52. The van der Waals surface area contributed by atoms with Gasteiger partial charge in [0.05, 0.1) is 11.4 Å². The van der Waals surface area contributed by atoms with Gasteiger partial charge >= 0.3 is 0 Å². The minimum Gasteiger partial charge on any atom is -0.394 e. The van der Waals surface area contributed by atoms with Crippen LogP contribution in [0.3, 0.4) is 0 Å². The van der Waals surface area contributed by atoms with Gasteiger partial charge in [0.2, 0.25) is 0 Å². The van der Waals surface area contributed by atoms with Gasteiger partial charge in [0.15, 0.2) is 0 Å². The summed E-state index contributed by atoms with van der Waals surface area (Å²) in [5.41, 5.74) is 7.87. The zero-order valence-corrected chi connectivity index (χ0v) is 10.3. The number of anilines is 2. The van der Waals surface area contributed by atoms with Gasteiger partial charge in [-0.3, -0.25) is 4.68 Å². The van der Waals surface area contributed by atoms with Crippen molar-refractivity contribution in [3.05, 3.63) is 5.69 Å². The monoisotopic (exact) mass is 222 g/mol. The van der Waals surface area contributed by atoms with Crippen LogP contribution in [0.5, 0.6) is 0 Å². The minimum atomic E-state index is 0.819. The first-order valence-corrected chi connectivity index (χ1v) is 6.27. The summed E-state index contributed by atoms with van der Waals surface area (Å²) in [4.78, 5) is 0. The summed E-state index contributed by atoms with van der Waals surface area (Å²) in [5, 5.41) is 7.86. The van der Waals surface area contributed by atoms with Gasteiger partial charge < -0.3 is 11.1 Å². The summed E-state index contributed by atoms with van der Waals surface area (Å²) in [5.74, 6) is 1.81. The van der Waals surface area contributed by atoms with E-state index < -0.39 is 0 Å². The Morgan fingerprint density at radius 3 is 2.69 bits per heavy atom. The molecule has 0 saturated heterocycles. The number of nitrogens with two attached hydrogens (primary N) is 1. The standard InChI is InChI=1S/C12H22N4/c1-3-10-11(13)12(16(2)15-10)14-8-9-6-4-5-7-9/h9,14H,3-8,13H2,1-2H3. The molecule has 16 heavy (non-hydrogen) atoms. The molecule has 0 atom stereocenters. The normalized spacial score (nSPS) is 16.9. The third kappa shape index (κ3) is 2.15. The summed E-state index contributed by atoms with van der Waals surface area (Å²) in [6, 6.07) is 0. The fourth-order valence-electron chi connectivity index (χ4n) is 2.52. The maximum absolute atomic E-state index is 6.05. The number of rotatable bonds is 4. The van der Waals surface area contributed by atoms with Crippen LogP contribution in [0.15, 0.2) is 0 Å². The smallest absolute Gasteiger partial charge is 0.147 e. The Hall–Kier alpha value is -1.19. The van der Waals surface area contributed by atoms with Crippen LogP contribution in [0.4, 0.5) is 11.5 Å². The van der Waals surface area contributed by atoms with Gasteiger partial charge in [-0.2, -0.15) is 5.10 Å². The van der Waals surface area contributed by atoms with Gasteiger partial charge in [0.25, 0.3) is 0 Å². The van der Waals surface area contributed by atoms with E-state index in [4.69, 9.17) is 5.73 Å². The summed E-state index contributed by atoms with van der Waals surface area (Å²) in [6.45, 7) is 3.12. The van der Waals surface area contributed by atoms with E-state index >= 15 is 0 Å². The molecule has 0 radical (unpaired) electrons. The van der Waals surface area contributed by atoms with Crippen LogP contribution in [-0.4, -0.2) is 16.3 Å². The van der Waals surface area contributed by atoms with Crippen LogP contribution >= 0.6 is 0 Å². The SMILES string of the molecule is CCc1nn(C)c(NCC2CCCC2)c1N. The third-order valence-corrected chi connectivity index (χ3v) is 3.53. The molecule has 1 saturated carbocycles. The quantitative estimate of drug-likeness (QED) is 0.821. The van der Waals surface area contributed by atoms with Crippen LogP contribution in [0, 0.1) is 5.92 Å². The minimum absolute atomic E-state index is 0.819. The molecular formula is C12H22N4. The van der Waals surface area contributed by atoms with Gasteiger partial charge in [0, 0.05) is 13.6 Å². The Morgan fingerprint density at radius 2 is 2.12 bits per heavy atom. The molecule has 0 bridgehead atoms. The van der Waals surface area contributed by atoms with E-state index in [0.29, 0.717) is 0 Å². The van der Waals surface area contributed by atoms with E-state index in [1.807, 2.05) is 11.7 Å². The van der Waals surface area contributed by atoms with Crippen molar-refractivity contribution in [2.75, 3.05) is 17.6 Å². The highest BCUT2D eigenvalue weighted by atomic mass is 15.3. The van der Waals surface area contributed by atoms with Gasteiger partial charge in [-0.25, -0.2) is 0 Å². The molecule has 3 N–H and O–H groups in total. The Morgan fingerprint density at radius 1 is 1.44 bits per heavy atom. The van der Waals surface area contributed by atoms with Crippen molar-refractivity contribution in [1.29, 1.82) is 0 Å². The van der Waals surface area contributed by atoms with E-state index in [1.165, 1.54) is 25.7 Å². The lowest BCUT2D eigenvalue weighted by Gasteiger charge is -2.12. The number of aromatic nitrogens is 2. The first-order valence-electron chi connectivity index (χ1n) is 6.27. The molecular weight excluding hydrogens is 200 g/mol. The van der Waals surface area contributed by atoms with Crippen molar-refractivity contribution < 1.29 is 0 Å². The Kier molecular flexibility index (Phi) is 3.36. The van der Waals surface area contributed by atoms with E-state index in [2.05, 4.69) is 17.3 Å². The van der Waals surface area contributed by atoms with Gasteiger partial charge in [-0.1, -0.05) is 19.8 Å². The lowest BCUT2D eigenvalue weighted by atomic mass is 10.1. The molecule has 2 rings (SSSR count). The van der Waals surface area contributed by atoms with Crippen molar-refractivity contribution in [2.24, 2.45) is 13.0 Å². The first kappa shape index (κ1) is 11.3. The van der Waals surface area contributed by atoms with E-state index in [-0.39, 0.29) is 0 Å². The fraction of sp³-hybridized carbons (Fsp3) is 0.750. The Bertz CT molecular complexity index is 350. The van der Waals surface area contributed by atoms with E-state index in [1.54, 1.807) is 0 Å². The van der Waals surface area contributed by atoms with Crippen LogP contribution in [0.25, 0.3) is 0 Å². The topological polar surface area (TPSA) is 55.9 Å². The molecule has 1 aromatic heterocycles. The number of aryl methyl sites for hydroxylation is 2. The van der Waals surface area contributed by atoms with Crippen molar-refractivity contribution in [3.63, 3.8) is 0 Å². The van der Waals surface area contributed by atoms with Crippen molar-refractivity contribution >= 4 is 11.5 Å². The first-order chi connectivity index (χ1) is 7.72. The molecule has 1 aliphatic rings. The molecule has 0 aliphatic heterocycles. The Labute approximate surface area is 97.2 Å². The largest absolute Gasteiger partial charge is 0.394 e. The molecule has 1 aromatic rings. The summed E-state index contributed by atoms with van der Waals surface area (Å²) < 4.78 is 1.86. The van der Waals surface area contributed by atoms with Crippen LogP contribution < -0.4 is 11.1 Å². The number of nitrogens with zero attached hydrogens (tertiary/aromatic N) is 2. The van der Waals surface area contributed by atoms with Crippen LogP contribution in [0.1, 0.15) is 38.3 Å². The predicted molar refractivity (Wildman–Crippen MR) is 67.4 cm³/mol. The molecule has 4 nitrogen and oxygen atoms in total. The molecule has 1 heterocycles. The molecule has 1 fully saturated rings. The van der Waals surface area contributed by atoms with Crippen molar-refractivity contribution in [3.8, 4) is 0 Å².